The van der Waals surface area contributed by atoms with Crippen LogP contribution >= 0.6 is 0 Å². The van der Waals surface area contributed by atoms with Gasteiger partial charge in [0.25, 0.3) is 0 Å². The lowest BCUT2D eigenvalue weighted by atomic mass is 9.94. The molecule has 0 aliphatic carbocycles. The molecule has 5 rings (SSSR count). The van der Waals surface area contributed by atoms with Crippen molar-refractivity contribution in [2.75, 3.05) is 4.90 Å². The standard InChI is InChI=1S/C33H27N/c1-26-24-32(34(30-18-10-4-11-19-30)31-20-12-5-13-21-31)23-22-29(26)25-33(27-14-6-2-7-15-27)28-16-8-3-9-17-28/h2-25H,1H3. The van der Waals surface area contributed by atoms with Gasteiger partial charge in [0.05, 0.1) is 0 Å². The second-order valence-corrected chi connectivity index (χ2v) is 8.34. The monoisotopic (exact) mass is 437 g/mol. The highest BCUT2D eigenvalue weighted by molar-refractivity contribution is 5.92. The molecule has 164 valence electrons. The number of nitrogens with zero attached hydrogens (tertiary/aromatic N) is 1. The lowest BCUT2D eigenvalue weighted by Crippen LogP contribution is -2.10. The van der Waals surface area contributed by atoms with E-state index in [4.69, 9.17) is 0 Å². The van der Waals surface area contributed by atoms with E-state index in [9.17, 15) is 0 Å². The summed E-state index contributed by atoms with van der Waals surface area (Å²) in [5, 5.41) is 0. The Labute approximate surface area is 202 Å². The van der Waals surface area contributed by atoms with E-state index < -0.39 is 0 Å². The molecule has 0 aliphatic heterocycles. The van der Waals surface area contributed by atoms with Crippen molar-refractivity contribution in [1.82, 2.24) is 0 Å². The number of para-hydroxylation sites is 2. The first-order chi connectivity index (χ1) is 16.8. The summed E-state index contributed by atoms with van der Waals surface area (Å²) in [5.74, 6) is 0. The first-order valence-electron chi connectivity index (χ1n) is 11.6. The van der Waals surface area contributed by atoms with E-state index in [1.165, 1.54) is 27.8 Å². The van der Waals surface area contributed by atoms with Gasteiger partial charge in [0.1, 0.15) is 0 Å². The summed E-state index contributed by atoms with van der Waals surface area (Å²) in [6.07, 6.45) is 2.30. The van der Waals surface area contributed by atoms with E-state index in [0.29, 0.717) is 0 Å². The molecule has 5 aromatic carbocycles. The van der Waals surface area contributed by atoms with Crippen LogP contribution in [0.1, 0.15) is 22.3 Å². The van der Waals surface area contributed by atoms with Crippen LogP contribution in [0.4, 0.5) is 17.1 Å². The number of hydrogen-bond acceptors (Lipinski definition) is 1. The second-order valence-electron chi connectivity index (χ2n) is 8.34. The van der Waals surface area contributed by atoms with Gasteiger partial charge in [-0.3, -0.25) is 0 Å². The lowest BCUT2D eigenvalue weighted by Gasteiger charge is -2.26. The van der Waals surface area contributed by atoms with Gasteiger partial charge in [-0.1, -0.05) is 103 Å². The maximum absolute atomic E-state index is 2.30. The molecule has 0 saturated heterocycles. The first-order valence-corrected chi connectivity index (χ1v) is 11.6. The van der Waals surface area contributed by atoms with Gasteiger partial charge in [0, 0.05) is 17.1 Å². The third kappa shape index (κ3) is 4.69. The molecule has 1 nitrogen and oxygen atoms in total. The SMILES string of the molecule is Cc1cc(N(c2ccccc2)c2ccccc2)ccc1C=C(c1ccccc1)c1ccccc1. The molecule has 0 saturated carbocycles. The molecule has 0 radical (unpaired) electrons. The van der Waals surface area contributed by atoms with Crippen LogP contribution in [0.15, 0.2) is 140 Å². The number of benzene rings is 5. The Bertz CT molecular complexity index is 1290. The van der Waals surface area contributed by atoms with Gasteiger partial charge in [0.15, 0.2) is 0 Å². The maximum atomic E-state index is 2.30. The summed E-state index contributed by atoms with van der Waals surface area (Å²) in [5.41, 5.74) is 9.54. The van der Waals surface area contributed by atoms with Crippen LogP contribution in [-0.2, 0) is 0 Å². The average Bonchev–Trinajstić information content (AvgIpc) is 2.91. The minimum absolute atomic E-state index is 1.14. The van der Waals surface area contributed by atoms with Crippen molar-refractivity contribution >= 4 is 28.7 Å². The Morgan fingerprint density at radius 2 is 0.941 bits per heavy atom. The highest BCUT2D eigenvalue weighted by Crippen LogP contribution is 2.36. The van der Waals surface area contributed by atoms with Crippen molar-refractivity contribution in [2.24, 2.45) is 0 Å². The molecule has 0 N–H and O–H groups in total. The van der Waals surface area contributed by atoms with Gasteiger partial charge in [-0.05, 0) is 77.2 Å². The molecule has 0 unspecified atom stereocenters. The van der Waals surface area contributed by atoms with E-state index in [1.807, 2.05) is 0 Å². The van der Waals surface area contributed by atoms with Crippen molar-refractivity contribution in [2.45, 2.75) is 6.92 Å². The van der Waals surface area contributed by atoms with Crippen LogP contribution in [0.25, 0.3) is 11.6 Å². The van der Waals surface area contributed by atoms with Crippen LogP contribution < -0.4 is 4.90 Å². The Hall–Kier alpha value is -4.36. The zero-order valence-corrected chi connectivity index (χ0v) is 19.3. The molecule has 34 heavy (non-hydrogen) atoms. The Morgan fingerprint density at radius 3 is 1.38 bits per heavy atom. The van der Waals surface area contributed by atoms with Gasteiger partial charge >= 0.3 is 0 Å². The molecule has 0 amide bonds. The second kappa shape index (κ2) is 10.1. The molecule has 0 bridgehead atoms. The number of aryl methyl sites for hydroxylation is 1. The Morgan fingerprint density at radius 1 is 0.500 bits per heavy atom. The van der Waals surface area contributed by atoms with Gasteiger partial charge < -0.3 is 4.90 Å². The predicted octanol–water partition coefficient (Wildman–Crippen LogP) is 9.05. The fourth-order valence-electron chi connectivity index (χ4n) is 4.29. The zero-order chi connectivity index (χ0) is 23.2. The smallest absolute Gasteiger partial charge is 0.0464 e. The van der Waals surface area contributed by atoms with E-state index in [-0.39, 0.29) is 0 Å². The number of hydrogen-bond donors (Lipinski definition) is 0. The summed E-state index contributed by atoms with van der Waals surface area (Å²) in [6, 6.07) is 49.0. The quantitative estimate of drug-likeness (QED) is 0.239. The van der Waals surface area contributed by atoms with Crippen molar-refractivity contribution in [3.8, 4) is 0 Å². The molecule has 0 heterocycles. The van der Waals surface area contributed by atoms with Gasteiger partial charge in [-0.2, -0.15) is 0 Å². The van der Waals surface area contributed by atoms with E-state index in [2.05, 4.69) is 157 Å². The average molecular weight is 438 g/mol. The predicted molar refractivity (Wildman–Crippen MR) is 146 cm³/mol. The van der Waals surface area contributed by atoms with Crippen LogP contribution in [-0.4, -0.2) is 0 Å². The van der Waals surface area contributed by atoms with Crippen LogP contribution in [0.2, 0.25) is 0 Å². The molecule has 0 aliphatic rings. The summed E-state index contributed by atoms with van der Waals surface area (Å²) >= 11 is 0. The molecule has 0 aromatic heterocycles. The first kappa shape index (κ1) is 21.5. The fraction of sp³-hybridized carbons (Fsp3) is 0.0303. The highest BCUT2D eigenvalue weighted by atomic mass is 15.1. The topological polar surface area (TPSA) is 3.24 Å². The fourth-order valence-corrected chi connectivity index (χ4v) is 4.29. The molecular weight excluding hydrogens is 410 g/mol. The summed E-state index contributed by atoms with van der Waals surface area (Å²) in [7, 11) is 0. The Kier molecular flexibility index (Phi) is 6.36. The molecule has 1 heteroatoms. The third-order valence-corrected chi connectivity index (χ3v) is 6.01. The van der Waals surface area contributed by atoms with E-state index >= 15 is 0 Å². The zero-order valence-electron chi connectivity index (χ0n) is 19.3. The molecule has 0 fully saturated rings. The number of rotatable bonds is 6. The normalized spacial score (nSPS) is 10.5. The highest BCUT2D eigenvalue weighted by Gasteiger charge is 2.13. The summed E-state index contributed by atoms with van der Waals surface area (Å²) < 4.78 is 0. The minimum atomic E-state index is 1.14. The van der Waals surface area contributed by atoms with Crippen LogP contribution in [0, 0.1) is 6.92 Å². The van der Waals surface area contributed by atoms with Crippen molar-refractivity contribution in [3.63, 3.8) is 0 Å². The van der Waals surface area contributed by atoms with Crippen LogP contribution in [0.3, 0.4) is 0 Å². The number of anilines is 3. The van der Waals surface area contributed by atoms with Crippen LogP contribution in [0.5, 0.6) is 0 Å². The largest absolute Gasteiger partial charge is 0.310 e. The van der Waals surface area contributed by atoms with Gasteiger partial charge in [-0.25, -0.2) is 0 Å². The van der Waals surface area contributed by atoms with Crippen molar-refractivity contribution in [3.05, 3.63) is 162 Å². The molecule has 5 aromatic rings. The third-order valence-electron chi connectivity index (χ3n) is 6.01. The van der Waals surface area contributed by atoms with Crippen molar-refractivity contribution in [1.29, 1.82) is 0 Å². The Balaban J connectivity index is 1.59. The van der Waals surface area contributed by atoms with E-state index in [1.54, 1.807) is 0 Å². The van der Waals surface area contributed by atoms with Gasteiger partial charge in [-0.15, -0.1) is 0 Å². The van der Waals surface area contributed by atoms with Crippen molar-refractivity contribution < 1.29 is 0 Å². The minimum Gasteiger partial charge on any atom is -0.310 e. The summed E-state index contributed by atoms with van der Waals surface area (Å²) in [6.45, 7) is 2.19. The van der Waals surface area contributed by atoms with Gasteiger partial charge in [0.2, 0.25) is 0 Å². The summed E-state index contributed by atoms with van der Waals surface area (Å²) in [4.78, 5) is 2.30. The maximum Gasteiger partial charge on any atom is 0.0464 e. The molecular formula is C33H27N. The molecule has 0 spiro atoms. The molecule has 0 atom stereocenters. The lowest BCUT2D eigenvalue weighted by molar-refractivity contribution is 1.27. The van der Waals surface area contributed by atoms with E-state index in [0.717, 1.165) is 17.1 Å².